The molecule has 3 heterocycles. The summed E-state index contributed by atoms with van der Waals surface area (Å²) in [6, 6.07) is 0. The molecular weight excluding hydrogens is 354 g/mol. The Kier molecular flexibility index (Phi) is 4.25. The molecule has 0 radical (unpaired) electrons. The predicted octanol–water partition coefficient (Wildman–Crippen LogP) is 1.82. The van der Waals surface area contributed by atoms with Gasteiger partial charge in [0.2, 0.25) is 5.91 Å². The SMILES string of the molecule is CC(=O)N1CCN(c2ncc(Cn3cc(Br)cn3)s2)CC1. The quantitative estimate of drug-likeness (QED) is 0.827. The van der Waals surface area contributed by atoms with Gasteiger partial charge in [0.05, 0.1) is 17.2 Å². The summed E-state index contributed by atoms with van der Waals surface area (Å²) in [5.74, 6) is 0.152. The minimum absolute atomic E-state index is 0.152. The van der Waals surface area contributed by atoms with Crippen LogP contribution < -0.4 is 4.90 Å². The third-order valence-electron chi connectivity index (χ3n) is 3.46. The Morgan fingerprint density at radius 3 is 2.71 bits per heavy atom. The van der Waals surface area contributed by atoms with Gasteiger partial charge in [-0.25, -0.2) is 4.98 Å². The molecule has 6 nitrogen and oxygen atoms in total. The number of rotatable bonds is 3. The second-order valence-electron chi connectivity index (χ2n) is 4.96. The Morgan fingerprint density at radius 2 is 2.10 bits per heavy atom. The van der Waals surface area contributed by atoms with Crippen molar-refractivity contribution < 1.29 is 4.79 Å². The first-order valence-electron chi connectivity index (χ1n) is 6.75. The van der Waals surface area contributed by atoms with Crippen LogP contribution in [0.5, 0.6) is 0 Å². The van der Waals surface area contributed by atoms with E-state index in [0.29, 0.717) is 0 Å². The third-order valence-corrected chi connectivity index (χ3v) is 4.91. The molecule has 2 aromatic heterocycles. The number of hydrogen-bond donors (Lipinski definition) is 0. The van der Waals surface area contributed by atoms with E-state index in [2.05, 4.69) is 30.9 Å². The number of hydrogen-bond acceptors (Lipinski definition) is 5. The van der Waals surface area contributed by atoms with E-state index < -0.39 is 0 Å². The van der Waals surface area contributed by atoms with Crippen molar-refractivity contribution in [2.75, 3.05) is 31.1 Å². The van der Waals surface area contributed by atoms with E-state index in [-0.39, 0.29) is 5.91 Å². The van der Waals surface area contributed by atoms with Gasteiger partial charge in [-0.2, -0.15) is 5.10 Å². The number of amides is 1. The van der Waals surface area contributed by atoms with E-state index in [1.807, 2.05) is 22.0 Å². The molecule has 0 N–H and O–H groups in total. The van der Waals surface area contributed by atoms with E-state index in [0.717, 1.165) is 42.3 Å². The predicted molar refractivity (Wildman–Crippen MR) is 85.6 cm³/mol. The van der Waals surface area contributed by atoms with E-state index in [4.69, 9.17) is 0 Å². The van der Waals surface area contributed by atoms with Crippen molar-refractivity contribution in [2.24, 2.45) is 0 Å². The Bertz CT molecular complexity index is 632. The molecule has 8 heteroatoms. The second kappa shape index (κ2) is 6.15. The number of carbonyl (C=O) groups excluding carboxylic acids is 1. The Balaban J connectivity index is 1.61. The summed E-state index contributed by atoms with van der Waals surface area (Å²) in [7, 11) is 0. The van der Waals surface area contributed by atoms with Gasteiger partial charge in [-0.1, -0.05) is 11.3 Å². The molecule has 0 spiro atoms. The van der Waals surface area contributed by atoms with Crippen molar-refractivity contribution in [1.82, 2.24) is 19.7 Å². The number of halogens is 1. The average molecular weight is 370 g/mol. The molecule has 0 atom stereocenters. The summed E-state index contributed by atoms with van der Waals surface area (Å²) < 4.78 is 2.86. The summed E-state index contributed by atoms with van der Waals surface area (Å²) in [5, 5.41) is 5.28. The monoisotopic (exact) mass is 369 g/mol. The highest BCUT2D eigenvalue weighted by Crippen LogP contribution is 2.24. The van der Waals surface area contributed by atoms with Gasteiger partial charge in [0.15, 0.2) is 5.13 Å². The van der Waals surface area contributed by atoms with Gasteiger partial charge >= 0.3 is 0 Å². The van der Waals surface area contributed by atoms with E-state index in [9.17, 15) is 4.79 Å². The first kappa shape index (κ1) is 14.5. The molecule has 0 aliphatic carbocycles. The first-order valence-corrected chi connectivity index (χ1v) is 8.36. The van der Waals surface area contributed by atoms with Gasteiger partial charge in [-0.05, 0) is 15.9 Å². The van der Waals surface area contributed by atoms with Gasteiger partial charge in [0.25, 0.3) is 0 Å². The second-order valence-corrected chi connectivity index (χ2v) is 6.97. The highest BCUT2D eigenvalue weighted by molar-refractivity contribution is 9.10. The number of thiazole rings is 1. The minimum Gasteiger partial charge on any atom is -0.345 e. The van der Waals surface area contributed by atoms with Gasteiger partial charge < -0.3 is 9.80 Å². The lowest BCUT2D eigenvalue weighted by molar-refractivity contribution is -0.129. The highest BCUT2D eigenvalue weighted by Gasteiger charge is 2.20. The van der Waals surface area contributed by atoms with Crippen molar-refractivity contribution in [1.29, 1.82) is 0 Å². The van der Waals surface area contributed by atoms with E-state index in [1.54, 1.807) is 24.5 Å². The lowest BCUT2D eigenvalue weighted by Crippen LogP contribution is -2.48. The minimum atomic E-state index is 0.152. The number of nitrogens with zero attached hydrogens (tertiary/aromatic N) is 5. The third kappa shape index (κ3) is 3.44. The molecule has 1 aliphatic rings. The van der Waals surface area contributed by atoms with Crippen LogP contribution in [-0.4, -0.2) is 51.8 Å². The molecule has 1 aliphatic heterocycles. The zero-order valence-electron chi connectivity index (χ0n) is 11.7. The smallest absolute Gasteiger partial charge is 0.219 e. The van der Waals surface area contributed by atoms with E-state index in [1.165, 1.54) is 4.88 Å². The lowest BCUT2D eigenvalue weighted by Gasteiger charge is -2.33. The maximum atomic E-state index is 11.3. The maximum Gasteiger partial charge on any atom is 0.219 e. The number of piperazine rings is 1. The summed E-state index contributed by atoms with van der Waals surface area (Å²) >= 11 is 5.08. The van der Waals surface area contributed by atoms with Crippen molar-refractivity contribution >= 4 is 38.3 Å². The number of anilines is 1. The molecule has 1 fully saturated rings. The summed E-state index contributed by atoms with van der Waals surface area (Å²) in [6.45, 7) is 5.60. The highest BCUT2D eigenvalue weighted by atomic mass is 79.9. The Morgan fingerprint density at radius 1 is 1.33 bits per heavy atom. The molecule has 0 unspecified atom stereocenters. The van der Waals surface area contributed by atoms with Crippen LogP contribution in [0.15, 0.2) is 23.1 Å². The van der Waals surface area contributed by atoms with Crippen molar-refractivity contribution in [2.45, 2.75) is 13.5 Å². The molecule has 0 bridgehead atoms. The zero-order valence-corrected chi connectivity index (χ0v) is 14.1. The van der Waals surface area contributed by atoms with Crippen molar-refractivity contribution in [3.05, 3.63) is 27.9 Å². The van der Waals surface area contributed by atoms with Crippen LogP contribution in [0, 0.1) is 0 Å². The van der Waals surface area contributed by atoms with Gasteiger partial charge in [0, 0.05) is 50.4 Å². The molecule has 3 rings (SSSR count). The Hall–Kier alpha value is -1.41. The normalized spacial score (nSPS) is 15.5. The molecule has 1 saturated heterocycles. The average Bonchev–Trinajstić information content (AvgIpc) is 3.09. The fraction of sp³-hybridized carbons (Fsp3) is 0.462. The van der Waals surface area contributed by atoms with Crippen LogP contribution in [0.2, 0.25) is 0 Å². The molecule has 2 aromatic rings. The van der Waals surface area contributed by atoms with Crippen LogP contribution in [0.25, 0.3) is 0 Å². The maximum absolute atomic E-state index is 11.3. The number of carbonyl (C=O) groups is 1. The van der Waals surface area contributed by atoms with Crippen LogP contribution in [0.1, 0.15) is 11.8 Å². The summed E-state index contributed by atoms with van der Waals surface area (Å²) in [4.78, 5) is 21.1. The summed E-state index contributed by atoms with van der Waals surface area (Å²) in [6.07, 6.45) is 5.64. The summed E-state index contributed by atoms with van der Waals surface area (Å²) in [5.41, 5.74) is 0. The molecule has 1 amide bonds. The van der Waals surface area contributed by atoms with Crippen LogP contribution in [0.3, 0.4) is 0 Å². The Labute approximate surface area is 135 Å². The first-order chi connectivity index (χ1) is 10.1. The van der Waals surface area contributed by atoms with Gasteiger partial charge in [0.1, 0.15) is 0 Å². The fourth-order valence-electron chi connectivity index (χ4n) is 2.31. The standard InChI is InChI=1S/C13H16BrN5OS/c1-10(20)17-2-4-18(5-3-17)13-15-7-12(21-13)9-19-8-11(14)6-16-19/h6-8H,2-5,9H2,1H3. The zero-order chi connectivity index (χ0) is 14.8. The van der Waals surface area contributed by atoms with Crippen LogP contribution >= 0.6 is 27.3 Å². The van der Waals surface area contributed by atoms with Gasteiger partial charge in [-0.3, -0.25) is 9.48 Å². The number of aromatic nitrogens is 3. The van der Waals surface area contributed by atoms with Crippen LogP contribution in [-0.2, 0) is 11.3 Å². The van der Waals surface area contributed by atoms with Gasteiger partial charge in [-0.15, -0.1) is 0 Å². The van der Waals surface area contributed by atoms with Crippen LogP contribution in [0.4, 0.5) is 5.13 Å². The van der Waals surface area contributed by atoms with Crippen molar-refractivity contribution in [3.63, 3.8) is 0 Å². The molecular formula is C13H16BrN5OS. The van der Waals surface area contributed by atoms with Crippen molar-refractivity contribution in [3.8, 4) is 0 Å². The largest absolute Gasteiger partial charge is 0.345 e. The molecule has 0 aromatic carbocycles. The topological polar surface area (TPSA) is 54.3 Å². The van der Waals surface area contributed by atoms with E-state index >= 15 is 0 Å². The fourth-order valence-corrected chi connectivity index (χ4v) is 3.60. The molecule has 21 heavy (non-hydrogen) atoms. The molecule has 0 saturated carbocycles. The molecule has 112 valence electrons. The lowest BCUT2D eigenvalue weighted by atomic mass is 10.3.